The van der Waals surface area contributed by atoms with Crippen LogP contribution < -0.4 is 5.30 Å². The van der Waals surface area contributed by atoms with Gasteiger partial charge in [0.25, 0.3) is 0 Å². The fourth-order valence-corrected chi connectivity index (χ4v) is 10.6. The van der Waals surface area contributed by atoms with E-state index in [0.717, 1.165) is 5.92 Å². The molecule has 1 aromatic carbocycles. The molecular formula is C11H13PS. The van der Waals surface area contributed by atoms with Crippen molar-refractivity contribution in [3.8, 4) is 0 Å². The van der Waals surface area contributed by atoms with Gasteiger partial charge in [0.1, 0.15) is 0 Å². The smallest absolute Gasteiger partial charge is 0.00386 e. The van der Waals surface area contributed by atoms with Crippen molar-refractivity contribution < 1.29 is 0 Å². The average Bonchev–Trinajstić information content (AvgIpc) is 2.85. The predicted molar refractivity (Wildman–Crippen MR) is 64.2 cm³/mol. The number of rotatable bonds is 1. The van der Waals surface area contributed by atoms with Crippen molar-refractivity contribution in [2.75, 3.05) is 6.16 Å². The second-order valence-electron chi connectivity index (χ2n) is 3.92. The molecule has 2 heterocycles. The summed E-state index contributed by atoms with van der Waals surface area (Å²) in [6, 6.07) is 11.1. The molecule has 2 atom stereocenters. The van der Waals surface area contributed by atoms with Gasteiger partial charge in [-0.15, -0.1) is 0 Å². The van der Waals surface area contributed by atoms with Gasteiger partial charge in [-0.25, -0.2) is 0 Å². The summed E-state index contributed by atoms with van der Waals surface area (Å²) in [6.45, 7) is 2.39. The van der Waals surface area contributed by atoms with Crippen LogP contribution in [0.2, 0.25) is 0 Å². The quantitative estimate of drug-likeness (QED) is 0.639. The molecule has 3 rings (SSSR count). The Balaban J connectivity index is 2.10. The molecule has 0 fully saturated rings. The number of hydrogen-bond donors (Lipinski definition) is 0. The molecule has 2 aliphatic heterocycles. The van der Waals surface area contributed by atoms with Gasteiger partial charge in [-0.05, 0) is 29.9 Å². The van der Waals surface area contributed by atoms with Crippen LogP contribution in [0.5, 0.6) is 0 Å². The third kappa shape index (κ3) is 1.07. The van der Waals surface area contributed by atoms with Crippen molar-refractivity contribution in [2.24, 2.45) is 5.92 Å². The summed E-state index contributed by atoms with van der Waals surface area (Å²) < 4.78 is 1.85. The maximum atomic E-state index is 2.39. The van der Waals surface area contributed by atoms with Crippen molar-refractivity contribution in [1.82, 2.24) is 0 Å². The molecule has 0 radical (unpaired) electrons. The largest absolute Gasteiger partial charge is 0.0970 e. The van der Waals surface area contributed by atoms with Gasteiger partial charge in [0.15, 0.2) is 0 Å². The zero-order valence-electron chi connectivity index (χ0n) is 7.73. The van der Waals surface area contributed by atoms with Crippen LogP contribution in [0.3, 0.4) is 0 Å². The molecule has 0 aromatic heterocycles. The van der Waals surface area contributed by atoms with E-state index in [4.69, 9.17) is 0 Å². The Morgan fingerprint density at radius 1 is 1.31 bits per heavy atom. The summed E-state index contributed by atoms with van der Waals surface area (Å²) in [7, 11) is 0. The Labute approximate surface area is 83.5 Å². The van der Waals surface area contributed by atoms with Crippen LogP contribution >= 0.6 is 17.5 Å². The third-order valence-electron chi connectivity index (χ3n) is 3.04. The summed E-state index contributed by atoms with van der Waals surface area (Å²) in [4.78, 5) is 0. The third-order valence-corrected chi connectivity index (χ3v) is 10.7. The first-order valence-electron chi connectivity index (χ1n) is 4.84. The normalized spacial score (nSPS) is 36.1. The molecule has 0 aliphatic carbocycles. The second-order valence-corrected chi connectivity index (χ2v) is 10.2. The first kappa shape index (κ1) is 8.20. The fraction of sp³-hybridized carbons (Fsp3) is 0.364. The highest BCUT2D eigenvalue weighted by Gasteiger charge is 2.46. The van der Waals surface area contributed by atoms with E-state index in [9.17, 15) is 0 Å². The lowest BCUT2D eigenvalue weighted by Gasteiger charge is -2.09. The Bertz CT molecular complexity index is 394. The molecule has 0 nitrogen and oxygen atoms in total. The predicted octanol–water partition coefficient (Wildman–Crippen LogP) is 3.16. The maximum absolute atomic E-state index is 2.39. The van der Waals surface area contributed by atoms with Crippen molar-refractivity contribution in [3.05, 3.63) is 30.3 Å². The minimum atomic E-state index is -0.729. The molecule has 2 heteroatoms. The standard InChI is InChI=1S/C11H13PS/c1-9-7-8-12(11(9)13-12)10-5-3-2-4-6-10/h2-6,9H,7-8H2,1H3. The van der Waals surface area contributed by atoms with E-state index in [1.807, 2.05) is 4.63 Å². The summed E-state index contributed by atoms with van der Waals surface area (Å²) in [5.41, 5.74) is 0. The lowest BCUT2D eigenvalue weighted by Crippen LogP contribution is -1.98. The summed E-state index contributed by atoms with van der Waals surface area (Å²) in [6.07, 6.45) is 2.18. The Kier molecular flexibility index (Phi) is 1.69. The van der Waals surface area contributed by atoms with Crippen LogP contribution in [0.25, 0.3) is 0 Å². The first-order valence-corrected chi connectivity index (χ1v) is 8.23. The molecule has 1 aromatic rings. The lowest BCUT2D eigenvalue weighted by molar-refractivity contribution is 0.776. The highest BCUT2D eigenvalue weighted by Crippen LogP contribution is 2.81. The molecule has 68 valence electrons. The van der Waals surface area contributed by atoms with Crippen LogP contribution in [0, 0.1) is 5.92 Å². The fourth-order valence-electron chi connectivity index (χ4n) is 2.22. The van der Waals surface area contributed by atoms with Gasteiger partial charge in [-0.2, -0.15) is 0 Å². The minimum absolute atomic E-state index is 0.729. The van der Waals surface area contributed by atoms with E-state index in [-0.39, 0.29) is 0 Å². The molecule has 0 bridgehead atoms. The van der Waals surface area contributed by atoms with E-state index in [1.165, 1.54) is 12.6 Å². The monoisotopic (exact) mass is 208 g/mol. The Morgan fingerprint density at radius 2 is 2.08 bits per heavy atom. The van der Waals surface area contributed by atoms with Gasteiger partial charge in [0, 0.05) is 4.63 Å². The van der Waals surface area contributed by atoms with E-state index >= 15 is 0 Å². The Hall–Kier alpha value is -0.130. The van der Waals surface area contributed by atoms with Crippen LogP contribution in [-0.2, 0) is 0 Å². The highest BCUT2D eigenvalue weighted by molar-refractivity contribution is 8.86. The maximum Gasteiger partial charge on any atom is 0.00386 e. The van der Waals surface area contributed by atoms with Gasteiger partial charge in [-0.1, -0.05) is 48.6 Å². The summed E-state index contributed by atoms with van der Waals surface area (Å²) >= 11 is 2.21. The molecule has 0 saturated carbocycles. The van der Waals surface area contributed by atoms with E-state index in [1.54, 1.807) is 5.30 Å². The van der Waals surface area contributed by atoms with Crippen molar-refractivity contribution in [1.29, 1.82) is 0 Å². The van der Waals surface area contributed by atoms with Gasteiger partial charge >= 0.3 is 0 Å². The van der Waals surface area contributed by atoms with Crippen molar-refractivity contribution in [3.63, 3.8) is 0 Å². The van der Waals surface area contributed by atoms with Gasteiger partial charge in [0.05, 0.1) is 0 Å². The number of benzene rings is 1. The van der Waals surface area contributed by atoms with Gasteiger partial charge in [-0.3, -0.25) is 0 Å². The SMILES string of the molecule is CC1CCP2(c3ccccc3)=C1S2. The molecule has 2 aliphatic rings. The number of hydrogen-bond acceptors (Lipinski definition) is 1. The molecule has 2 unspecified atom stereocenters. The summed E-state index contributed by atoms with van der Waals surface area (Å²) in [5, 5.41) is 1.64. The second kappa shape index (κ2) is 2.68. The van der Waals surface area contributed by atoms with Crippen molar-refractivity contribution >= 4 is 27.4 Å². The van der Waals surface area contributed by atoms with Gasteiger partial charge in [0.2, 0.25) is 0 Å². The van der Waals surface area contributed by atoms with Crippen LogP contribution in [0.4, 0.5) is 0 Å². The zero-order valence-corrected chi connectivity index (χ0v) is 9.44. The topological polar surface area (TPSA) is 0 Å². The lowest BCUT2D eigenvalue weighted by atomic mass is 10.2. The minimum Gasteiger partial charge on any atom is -0.0970 e. The summed E-state index contributed by atoms with van der Waals surface area (Å²) in [5.74, 6) is 0.901. The molecule has 0 N–H and O–H groups in total. The van der Waals surface area contributed by atoms with Crippen molar-refractivity contribution in [2.45, 2.75) is 13.3 Å². The van der Waals surface area contributed by atoms with Crippen LogP contribution in [0.15, 0.2) is 30.3 Å². The van der Waals surface area contributed by atoms with Crippen LogP contribution in [-0.4, -0.2) is 10.8 Å². The highest BCUT2D eigenvalue weighted by atomic mass is 32.8. The van der Waals surface area contributed by atoms with E-state index < -0.39 is 6.09 Å². The Morgan fingerprint density at radius 3 is 2.62 bits per heavy atom. The van der Waals surface area contributed by atoms with E-state index in [0.29, 0.717) is 0 Å². The molecule has 0 spiro atoms. The molecule has 0 saturated heterocycles. The zero-order chi connectivity index (χ0) is 8.89. The average molecular weight is 208 g/mol. The molecular weight excluding hydrogens is 195 g/mol. The van der Waals surface area contributed by atoms with Crippen LogP contribution in [0.1, 0.15) is 13.3 Å². The molecule has 13 heavy (non-hydrogen) atoms. The van der Waals surface area contributed by atoms with E-state index in [2.05, 4.69) is 48.6 Å². The van der Waals surface area contributed by atoms with Gasteiger partial charge < -0.3 is 0 Å². The first-order chi connectivity index (χ1) is 6.33. The molecule has 0 amide bonds.